The lowest BCUT2D eigenvalue weighted by Gasteiger charge is -2.09. The normalized spacial score (nSPS) is 10.5. The predicted molar refractivity (Wildman–Crippen MR) is 92.3 cm³/mol. The average molecular weight is 343 g/mol. The number of phenols is 1. The van der Waals surface area contributed by atoms with Gasteiger partial charge in [-0.1, -0.05) is 12.1 Å². The first-order valence-electron chi connectivity index (χ1n) is 7.22. The molecule has 0 aliphatic carbocycles. The number of para-hydroxylation sites is 1. The van der Waals surface area contributed by atoms with Crippen LogP contribution in [0.3, 0.4) is 0 Å². The van der Waals surface area contributed by atoms with Gasteiger partial charge < -0.3 is 25.0 Å². The van der Waals surface area contributed by atoms with Gasteiger partial charge in [0, 0.05) is 6.08 Å². The minimum absolute atomic E-state index is 0.156. The van der Waals surface area contributed by atoms with Gasteiger partial charge in [0.1, 0.15) is 5.75 Å². The number of hydrogen-bond acceptors (Lipinski definition) is 5. The second-order valence-electron chi connectivity index (χ2n) is 4.94. The molecule has 3 N–H and O–H groups in total. The Morgan fingerprint density at radius 2 is 1.80 bits per heavy atom. The molecule has 0 aromatic heterocycles. The van der Waals surface area contributed by atoms with Gasteiger partial charge in [-0.3, -0.25) is 4.79 Å². The lowest BCUT2D eigenvalue weighted by atomic mass is 10.1. The summed E-state index contributed by atoms with van der Waals surface area (Å²) in [5.41, 5.74) is 0.327. The number of hydrogen-bond donors (Lipinski definition) is 3. The average Bonchev–Trinajstić information content (AvgIpc) is 2.61. The van der Waals surface area contributed by atoms with Gasteiger partial charge in [0.25, 0.3) is 0 Å². The number of methoxy groups -OCH3 is 2. The highest BCUT2D eigenvalue weighted by atomic mass is 16.5. The number of anilines is 1. The molecule has 0 aliphatic heterocycles. The fourth-order valence-electron chi connectivity index (χ4n) is 2.14. The molecule has 0 unspecified atom stereocenters. The number of carboxylic acid groups (broad SMARTS) is 1. The zero-order valence-corrected chi connectivity index (χ0v) is 13.6. The Hall–Kier alpha value is -3.48. The summed E-state index contributed by atoms with van der Waals surface area (Å²) in [5, 5.41) is 21.2. The fourth-order valence-corrected chi connectivity index (χ4v) is 2.14. The van der Waals surface area contributed by atoms with Gasteiger partial charge in [-0.05, 0) is 35.9 Å². The zero-order valence-electron chi connectivity index (χ0n) is 13.6. The second-order valence-corrected chi connectivity index (χ2v) is 4.94. The fraction of sp³-hybridized carbons (Fsp3) is 0.111. The van der Waals surface area contributed by atoms with E-state index in [2.05, 4.69) is 5.32 Å². The highest BCUT2D eigenvalue weighted by Crippen LogP contribution is 2.29. The Bertz CT molecular complexity index is 828. The van der Waals surface area contributed by atoms with Crippen LogP contribution < -0.4 is 14.8 Å². The van der Waals surface area contributed by atoms with E-state index >= 15 is 0 Å². The molecular formula is C18H17NO6. The van der Waals surface area contributed by atoms with Gasteiger partial charge in [0.05, 0.1) is 25.5 Å². The molecule has 0 saturated heterocycles. The number of ether oxygens (including phenoxy) is 2. The van der Waals surface area contributed by atoms with Crippen LogP contribution in [-0.4, -0.2) is 36.3 Å². The summed E-state index contributed by atoms with van der Waals surface area (Å²) in [7, 11) is 3.02. The molecule has 0 saturated carbocycles. The molecule has 0 atom stereocenters. The third-order valence-corrected chi connectivity index (χ3v) is 3.36. The number of carbonyl (C=O) groups is 2. The highest BCUT2D eigenvalue weighted by Gasteiger charge is 2.15. The summed E-state index contributed by atoms with van der Waals surface area (Å²) < 4.78 is 10.3. The second kappa shape index (κ2) is 7.87. The standard InChI is InChI=1S/C18H17NO6/c1-24-14-8-6-11(10-15(14)25-2)7-9-16(21)19-17-12(18(22)23)4-3-5-13(17)20/h3-10,20H,1-2H3,(H,19,21)(H,22,23). The molecule has 25 heavy (non-hydrogen) atoms. The van der Waals surface area contributed by atoms with Crippen LogP contribution >= 0.6 is 0 Å². The number of phenolic OH excluding ortho intramolecular Hbond substituents is 1. The zero-order chi connectivity index (χ0) is 18.4. The van der Waals surface area contributed by atoms with Crippen molar-refractivity contribution in [3.8, 4) is 17.2 Å². The summed E-state index contributed by atoms with van der Waals surface area (Å²) in [6.45, 7) is 0. The third-order valence-electron chi connectivity index (χ3n) is 3.36. The Morgan fingerprint density at radius 1 is 1.08 bits per heavy atom. The Kier molecular flexibility index (Phi) is 5.62. The lowest BCUT2D eigenvalue weighted by molar-refractivity contribution is -0.111. The van der Waals surface area contributed by atoms with Crippen molar-refractivity contribution in [2.45, 2.75) is 0 Å². The number of benzene rings is 2. The maximum atomic E-state index is 12.0. The lowest BCUT2D eigenvalue weighted by Crippen LogP contribution is -2.12. The van der Waals surface area contributed by atoms with Crippen molar-refractivity contribution in [1.29, 1.82) is 0 Å². The number of nitrogens with one attached hydrogen (secondary N) is 1. The number of aromatic carboxylic acids is 1. The number of carbonyl (C=O) groups excluding carboxylic acids is 1. The van der Waals surface area contributed by atoms with Crippen LogP contribution in [0.1, 0.15) is 15.9 Å². The molecule has 2 rings (SSSR count). The molecule has 2 aromatic rings. The van der Waals surface area contributed by atoms with Crippen molar-refractivity contribution in [1.82, 2.24) is 0 Å². The SMILES string of the molecule is COc1ccc(C=CC(=O)Nc2c(O)cccc2C(=O)O)cc1OC. The first kappa shape index (κ1) is 17.9. The van der Waals surface area contributed by atoms with Gasteiger partial charge >= 0.3 is 5.97 Å². The van der Waals surface area contributed by atoms with Crippen LogP contribution in [0.4, 0.5) is 5.69 Å². The van der Waals surface area contributed by atoms with Crippen LogP contribution in [0.25, 0.3) is 6.08 Å². The molecule has 2 aromatic carbocycles. The summed E-state index contributed by atoms with van der Waals surface area (Å²) in [5.74, 6) is -1.09. The van der Waals surface area contributed by atoms with Crippen molar-refractivity contribution in [3.05, 3.63) is 53.6 Å². The molecule has 7 nitrogen and oxygen atoms in total. The van der Waals surface area contributed by atoms with Crippen molar-refractivity contribution < 1.29 is 29.3 Å². The molecule has 0 fully saturated rings. The molecule has 0 bridgehead atoms. The van der Waals surface area contributed by atoms with E-state index in [0.717, 1.165) is 0 Å². The minimum atomic E-state index is -1.25. The number of rotatable bonds is 6. The Morgan fingerprint density at radius 3 is 2.44 bits per heavy atom. The van der Waals surface area contributed by atoms with Gasteiger partial charge in [-0.25, -0.2) is 4.79 Å². The van der Waals surface area contributed by atoms with E-state index in [1.807, 2.05) is 0 Å². The van der Waals surface area contributed by atoms with Crippen LogP contribution in [-0.2, 0) is 4.79 Å². The van der Waals surface area contributed by atoms with Crippen molar-refractivity contribution in [2.24, 2.45) is 0 Å². The number of aromatic hydroxyl groups is 1. The van der Waals surface area contributed by atoms with E-state index < -0.39 is 11.9 Å². The summed E-state index contributed by atoms with van der Waals surface area (Å²) in [6.07, 6.45) is 2.75. The molecule has 0 radical (unpaired) electrons. The molecule has 130 valence electrons. The molecular weight excluding hydrogens is 326 g/mol. The monoisotopic (exact) mass is 343 g/mol. The number of amides is 1. The van der Waals surface area contributed by atoms with Crippen LogP contribution in [0.15, 0.2) is 42.5 Å². The van der Waals surface area contributed by atoms with Crippen molar-refractivity contribution in [3.63, 3.8) is 0 Å². The summed E-state index contributed by atoms with van der Waals surface area (Å²) >= 11 is 0. The first-order chi connectivity index (χ1) is 12.0. The smallest absolute Gasteiger partial charge is 0.337 e. The van der Waals surface area contributed by atoms with Gasteiger partial charge in [-0.15, -0.1) is 0 Å². The minimum Gasteiger partial charge on any atom is -0.506 e. The van der Waals surface area contributed by atoms with Crippen molar-refractivity contribution in [2.75, 3.05) is 19.5 Å². The maximum Gasteiger partial charge on any atom is 0.337 e. The van der Waals surface area contributed by atoms with Crippen LogP contribution in [0, 0.1) is 0 Å². The largest absolute Gasteiger partial charge is 0.506 e. The molecule has 7 heteroatoms. The summed E-state index contributed by atoms with van der Waals surface area (Å²) in [6, 6.07) is 9.07. The molecule has 0 heterocycles. The first-order valence-corrected chi connectivity index (χ1v) is 7.22. The van der Waals surface area contributed by atoms with E-state index in [1.54, 1.807) is 18.2 Å². The molecule has 0 spiro atoms. The highest BCUT2D eigenvalue weighted by molar-refractivity contribution is 6.07. The van der Waals surface area contributed by atoms with E-state index in [4.69, 9.17) is 14.6 Å². The quantitative estimate of drug-likeness (QED) is 0.550. The Balaban J connectivity index is 2.18. The van der Waals surface area contributed by atoms with E-state index in [1.165, 1.54) is 44.6 Å². The van der Waals surface area contributed by atoms with Gasteiger partial charge in [0.2, 0.25) is 5.91 Å². The predicted octanol–water partition coefficient (Wildman–Crippen LogP) is 2.76. The van der Waals surface area contributed by atoms with E-state index in [9.17, 15) is 14.7 Å². The summed E-state index contributed by atoms with van der Waals surface area (Å²) in [4.78, 5) is 23.2. The molecule has 1 amide bonds. The maximum absolute atomic E-state index is 12.0. The van der Waals surface area contributed by atoms with Crippen LogP contribution in [0.5, 0.6) is 17.2 Å². The van der Waals surface area contributed by atoms with E-state index in [0.29, 0.717) is 17.1 Å². The molecule has 0 aliphatic rings. The Labute approximate surface area is 144 Å². The van der Waals surface area contributed by atoms with E-state index in [-0.39, 0.29) is 17.0 Å². The van der Waals surface area contributed by atoms with Gasteiger partial charge in [-0.2, -0.15) is 0 Å². The van der Waals surface area contributed by atoms with Gasteiger partial charge in [0.15, 0.2) is 11.5 Å². The number of carboxylic acids is 1. The van der Waals surface area contributed by atoms with Crippen molar-refractivity contribution >= 4 is 23.6 Å². The topological polar surface area (TPSA) is 105 Å². The van der Waals surface area contributed by atoms with Crippen LogP contribution in [0.2, 0.25) is 0 Å². The third kappa shape index (κ3) is 4.29.